The molecule has 0 saturated heterocycles. The molecule has 1 rings (SSSR count). The van der Waals surface area contributed by atoms with E-state index < -0.39 is 0 Å². The van der Waals surface area contributed by atoms with Gasteiger partial charge in [0.05, 0.1) is 0 Å². The van der Waals surface area contributed by atoms with Gasteiger partial charge in [0, 0.05) is 6.04 Å². The summed E-state index contributed by atoms with van der Waals surface area (Å²) in [5.41, 5.74) is 0.490. The summed E-state index contributed by atoms with van der Waals surface area (Å²) in [7, 11) is 2.14. The van der Waals surface area contributed by atoms with Crippen LogP contribution in [0.3, 0.4) is 0 Å². The van der Waals surface area contributed by atoms with Gasteiger partial charge in [-0.15, -0.1) is 0 Å². The molecule has 0 amide bonds. The van der Waals surface area contributed by atoms with Crippen molar-refractivity contribution in [1.82, 2.24) is 5.32 Å². The van der Waals surface area contributed by atoms with Crippen LogP contribution in [0, 0.1) is 11.3 Å². The Morgan fingerprint density at radius 1 is 1.13 bits per heavy atom. The van der Waals surface area contributed by atoms with Gasteiger partial charge in [0.25, 0.3) is 0 Å². The highest BCUT2D eigenvalue weighted by atomic mass is 14.9. The lowest BCUT2D eigenvalue weighted by Crippen LogP contribution is -2.35. The van der Waals surface area contributed by atoms with Crippen molar-refractivity contribution in [3.8, 4) is 0 Å². The summed E-state index contributed by atoms with van der Waals surface area (Å²) in [4.78, 5) is 0. The first kappa shape index (κ1) is 13.0. The van der Waals surface area contributed by atoms with Gasteiger partial charge in [0.2, 0.25) is 0 Å². The van der Waals surface area contributed by atoms with Crippen molar-refractivity contribution in [2.75, 3.05) is 7.05 Å². The van der Waals surface area contributed by atoms with Crippen LogP contribution in [0.2, 0.25) is 0 Å². The Morgan fingerprint density at radius 3 is 2.20 bits per heavy atom. The third-order valence-corrected chi connectivity index (χ3v) is 3.79. The van der Waals surface area contributed by atoms with Crippen molar-refractivity contribution in [1.29, 1.82) is 0 Å². The first-order valence-electron chi connectivity index (χ1n) is 6.70. The molecule has 0 radical (unpaired) electrons. The van der Waals surface area contributed by atoms with Gasteiger partial charge >= 0.3 is 0 Å². The summed E-state index contributed by atoms with van der Waals surface area (Å²) in [5, 5.41) is 3.54. The van der Waals surface area contributed by atoms with Crippen molar-refractivity contribution in [3.63, 3.8) is 0 Å². The van der Waals surface area contributed by atoms with Gasteiger partial charge in [-0.3, -0.25) is 0 Å². The average molecular weight is 211 g/mol. The molecule has 15 heavy (non-hydrogen) atoms. The molecule has 0 aromatic carbocycles. The number of nitrogens with one attached hydrogen (secondary N) is 1. The highest BCUT2D eigenvalue weighted by Gasteiger charge is 2.23. The third kappa shape index (κ3) is 5.01. The standard InChI is InChI=1S/C14H29N/c1-14(2,3)11-10-13(15-4)12-8-6-5-7-9-12/h12-13,15H,5-11H2,1-4H3. The molecule has 1 atom stereocenters. The second-order valence-electron chi connectivity index (χ2n) is 6.39. The quantitative estimate of drug-likeness (QED) is 0.741. The lowest BCUT2D eigenvalue weighted by atomic mass is 9.79. The van der Waals surface area contributed by atoms with E-state index in [-0.39, 0.29) is 0 Å². The fourth-order valence-electron chi connectivity index (χ4n) is 2.74. The molecule has 0 aromatic rings. The maximum absolute atomic E-state index is 3.54. The van der Waals surface area contributed by atoms with Crippen molar-refractivity contribution in [2.45, 2.75) is 71.8 Å². The van der Waals surface area contributed by atoms with E-state index in [1.165, 1.54) is 44.9 Å². The van der Waals surface area contributed by atoms with Crippen LogP contribution in [0.25, 0.3) is 0 Å². The molecule has 0 heterocycles. The van der Waals surface area contributed by atoms with Gasteiger partial charge in [-0.2, -0.15) is 0 Å². The maximum Gasteiger partial charge on any atom is 0.00925 e. The number of rotatable bonds is 4. The van der Waals surface area contributed by atoms with E-state index in [1.54, 1.807) is 0 Å². The molecule has 1 nitrogen and oxygen atoms in total. The molecule has 1 aliphatic carbocycles. The van der Waals surface area contributed by atoms with Gasteiger partial charge in [-0.25, -0.2) is 0 Å². The third-order valence-electron chi connectivity index (χ3n) is 3.79. The van der Waals surface area contributed by atoms with Crippen LogP contribution in [0.15, 0.2) is 0 Å². The first-order chi connectivity index (χ1) is 7.03. The van der Waals surface area contributed by atoms with E-state index in [0.717, 1.165) is 12.0 Å². The molecule has 0 spiro atoms. The Bertz CT molecular complexity index is 163. The van der Waals surface area contributed by atoms with Gasteiger partial charge in [0.15, 0.2) is 0 Å². The Hall–Kier alpha value is -0.0400. The van der Waals surface area contributed by atoms with Crippen molar-refractivity contribution in [3.05, 3.63) is 0 Å². The molecular formula is C14H29N. The van der Waals surface area contributed by atoms with Gasteiger partial charge in [-0.1, -0.05) is 40.0 Å². The fraction of sp³-hybridized carbons (Fsp3) is 1.00. The van der Waals surface area contributed by atoms with Gasteiger partial charge < -0.3 is 5.32 Å². The lowest BCUT2D eigenvalue weighted by Gasteiger charge is -2.32. The Balaban J connectivity index is 2.34. The van der Waals surface area contributed by atoms with Crippen LogP contribution < -0.4 is 5.32 Å². The maximum atomic E-state index is 3.54. The minimum Gasteiger partial charge on any atom is -0.317 e. The van der Waals surface area contributed by atoms with E-state index in [1.807, 2.05) is 0 Å². The molecule has 0 aromatic heterocycles. The molecule has 1 heteroatoms. The van der Waals surface area contributed by atoms with Crippen LogP contribution in [-0.2, 0) is 0 Å². The topological polar surface area (TPSA) is 12.0 Å². The van der Waals surface area contributed by atoms with E-state index in [2.05, 4.69) is 33.1 Å². The van der Waals surface area contributed by atoms with Crippen molar-refractivity contribution >= 4 is 0 Å². The van der Waals surface area contributed by atoms with Gasteiger partial charge in [-0.05, 0) is 44.1 Å². The predicted octanol–water partition coefficient (Wildman–Crippen LogP) is 3.98. The summed E-state index contributed by atoms with van der Waals surface area (Å²) in [5.74, 6) is 0.950. The first-order valence-corrected chi connectivity index (χ1v) is 6.70. The average Bonchev–Trinajstić information content (AvgIpc) is 2.19. The van der Waals surface area contributed by atoms with E-state index in [4.69, 9.17) is 0 Å². The predicted molar refractivity (Wildman–Crippen MR) is 68.1 cm³/mol. The summed E-state index contributed by atoms with van der Waals surface area (Å²) in [6, 6.07) is 0.768. The van der Waals surface area contributed by atoms with Crippen molar-refractivity contribution < 1.29 is 0 Å². The monoisotopic (exact) mass is 211 g/mol. The number of hydrogen-bond donors (Lipinski definition) is 1. The summed E-state index contributed by atoms with van der Waals surface area (Å²) in [6.07, 6.45) is 9.98. The molecule has 0 bridgehead atoms. The number of hydrogen-bond acceptors (Lipinski definition) is 1. The minimum atomic E-state index is 0.490. The molecule has 1 N–H and O–H groups in total. The second-order valence-corrected chi connectivity index (χ2v) is 6.39. The van der Waals surface area contributed by atoms with E-state index in [0.29, 0.717) is 5.41 Å². The summed E-state index contributed by atoms with van der Waals surface area (Å²) in [6.45, 7) is 7.04. The van der Waals surface area contributed by atoms with E-state index >= 15 is 0 Å². The Kier molecular flexibility index (Phi) is 5.11. The zero-order chi connectivity index (χ0) is 11.3. The Labute approximate surface area is 96.0 Å². The molecule has 1 aliphatic rings. The Morgan fingerprint density at radius 2 is 1.73 bits per heavy atom. The SMILES string of the molecule is CNC(CCC(C)(C)C)C1CCCCC1. The zero-order valence-electron chi connectivity index (χ0n) is 11.1. The molecule has 1 saturated carbocycles. The smallest absolute Gasteiger partial charge is 0.00925 e. The van der Waals surface area contributed by atoms with Crippen LogP contribution in [-0.4, -0.2) is 13.1 Å². The van der Waals surface area contributed by atoms with Crippen LogP contribution in [0.5, 0.6) is 0 Å². The largest absolute Gasteiger partial charge is 0.317 e. The normalized spacial score (nSPS) is 21.6. The lowest BCUT2D eigenvalue weighted by molar-refractivity contribution is 0.239. The fourth-order valence-corrected chi connectivity index (χ4v) is 2.74. The van der Waals surface area contributed by atoms with Crippen LogP contribution >= 0.6 is 0 Å². The molecule has 90 valence electrons. The summed E-state index contributed by atoms with van der Waals surface area (Å²) >= 11 is 0. The molecule has 1 unspecified atom stereocenters. The second kappa shape index (κ2) is 5.89. The van der Waals surface area contributed by atoms with E-state index in [9.17, 15) is 0 Å². The van der Waals surface area contributed by atoms with Crippen LogP contribution in [0.4, 0.5) is 0 Å². The highest BCUT2D eigenvalue weighted by Crippen LogP contribution is 2.30. The molecule has 1 fully saturated rings. The van der Waals surface area contributed by atoms with Crippen LogP contribution in [0.1, 0.15) is 65.7 Å². The highest BCUT2D eigenvalue weighted by molar-refractivity contribution is 4.79. The summed E-state index contributed by atoms with van der Waals surface area (Å²) < 4.78 is 0. The van der Waals surface area contributed by atoms with Gasteiger partial charge in [0.1, 0.15) is 0 Å². The zero-order valence-corrected chi connectivity index (χ0v) is 11.1. The molecular weight excluding hydrogens is 182 g/mol. The molecule has 0 aliphatic heterocycles. The minimum absolute atomic E-state index is 0.490. The van der Waals surface area contributed by atoms with Crippen molar-refractivity contribution in [2.24, 2.45) is 11.3 Å².